The molecule has 1 saturated carbocycles. The number of nitrogens with zero attached hydrogens (tertiary/aromatic N) is 2. The summed E-state index contributed by atoms with van der Waals surface area (Å²) in [7, 11) is 6.28. The van der Waals surface area contributed by atoms with Crippen LogP contribution >= 0.6 is 0 Å². The van der Waals surface area contributed by atoms with Crippen molar-refractivity contribution in [2.75, 3.05) is 41.5 Å². The van der Waals surface area contributed by atoms with E-state index in [4.69, 9.17) is 18.9 Å². The first-order valence-corrected chi connectivity index (χ1v) is 19.2. The van der Waals surface area contributed by atoms with Crippen molar-refractivity contribution < 1.29 is 38.1 Å². The molecule has 3 aliphatic carbocycles. The van der Waals surface area contributed by atoms with E-state index in [1.54, 1.807) is 28.4 Å². The third-order valence-corrected chi connectivity index (χ3v) is 12.7. The van der Waals surface area contributed by atoms with Gasteiger partial charge in [0.15, 0.2) is 23.0 Å². The monoisotopic (exact) mass is 754 g/mol. The SMILES string of the molecule is CCC12C(c3ccccc3)=C(c3ccccc3)C([C@H]3C(=O)N(CCc4ccc(OC)c(OC)c4)C(=O)[C@@H]31)[C@H]1C(=O)N(CCc3ccc(OC)c(OC)c3)C(=O)[C@@H]12. The second-order valence-electron chi connectivity index (χ2n) is 15.0. The van der Waals surface area contributed by atoms with Gasteiger partial charge in [-0.3, -0.25) is 29.0 Å². The molecular formula is C46H46N2O8. The Morgan fingerprint density at radius 1 is 0.518 bits per heavy atom. The van der Waals surface area contributed by atoms with Crippen molar-refractivity contribution in [1.29, 1.82) is 0 Å². The highest BCUT2D eigenvalue weighted by molar-refractivity contribution is 6.17. The maximum Gasteiger partial charge on any atom is 0.234 e. The smallest absolute Gasteiger partial charge is 0.234 e. The number of methoxy groups -OCH3 is 4. The maximum atomic E-state index is 15.1. The van der Waals surface area contributed by atoms with Crippen LogP contribution in [0, 0.1) is 35.0 Å². The minimum Gasteiger partial charge on any atom is -0.493 e. The van der Waals surface area contributed by atoms with Crippen LogP contribution in [0.15, 0.2) is 97.1 Å². The number of ether oxygens (including phenoxy) is 4. The van der Waals surface area contributed by atoms with Gasteiger partial charge < -0.3 is 18.9 Å². The lowest BCUT2D eigenvalue weighted by molar-refractivity contribution is -0.145. The first-order chi connectivity index (χ1) is 27.2. The number of imide groups is 2. The lowest BCUT2D eigenvalue weighted by atomic mass is 9.40. The van der Waals surface area contributed by atoms with Gasteiger partial charge in [0.1, 0.15) is 0 Å². The van der Waals surface area contributed by atoms with Crippen LogP contribution in [0.3, 0.4) is 0 Å². The molecule has 4 aromatic rings. The fraction of sp³-hybridized carbons (Fsp3) is 0.348. The summed E-state index contributed by atoms with van der Waals surface area (Å²) in [4.78, 5) is 62.8. The summed E-state index contributed by atoms with van der Waals surface area (Å²) >= 11 is 0. The second-order valence-corrected chi connectivity index (χ2v) is 15.0. The number of carbonyl (C=O) groups is 4. The molecule has 4 atom stereocenters. The van der Waals surface area contributed by atoms with Crippen LogP contribution in [0.25, 0.3) is 11.1 Å². The first-order valence-electron chi connectivity index (χ1n) is 19.2. The van der Waals surface area contributed by atoms with E-state index in [0.29, 0.717) is 42.3 Å². The van der Waals surface area contributed by atoms with Crippen LogP contribution in [-0.2, 0) is 32.0 Å². The lowest BCUT2D eigenvalue weighted by Crippen LogP contribution is -2.60. The average Bonchev–Trinajstić information content (AvgIpc) is 3.66. The van der Waals surface area contributed by atoms with Crippen LogP contribution in [0.2, 0.25) is 0 Å². The Morgan fingerprint density at radius 2 is 0.946 bits per heavy atom. The van der Waals surface area contributed by atoms with Gasteiger partial charge in [-0.15, -0.1) is 0 Å². The molecule has 5 aliphatic rings. The van der Waals surface area contributed by atoms with Gasteiger partial charge in [-0.1, -0.05) is 79.7 Å². The molecule has 0 aromatic heterocycles. The van der Waals surface area contributed by atoms with E-state index in [1.165, 1.54) is 9.80 Å². The van der Waals surface area contributed by atoms with Gasteiger partial charge in [-0.05, 0) is 76.9 Å². The van der Waals surface area contributed by atoms with Gasteiger partial charge in [0.2, 0.25) is 23.6 Å². The fourth-order valence-corrected chi connectivity index (χ4v) is 10.4. The molecule has 0 N–H and O–H groups in total. The Hall–Kier alpha value is -5.90. The molecule has 2 bridgehead atoms. The summed E-state index contributed by atoms with van der Waals surface area (Å²) in [6, 6.07) is 30.9. The Kier molecular flexibility index (Phi) is 9.68. The zero-order valence-electron chi connectivity index (χ0n) is 32.3. The van der Waals surface area contributed by atoms with Gasteiger partial charge in [-0.25, -0.2) is 0 Å². The molecular weight excluding hydrogens is 709 g/mol. The molecule has 0 radical (unpaired) electrons. The normalized spacial score (nSPS) is 25.1. The van der Waals surface area contributed by atoms with Crippen molar-refractivity contribution in [1.82, 2.24) is 9.80 Å². The van der Waals surface area contributed by atoms with E-state index in [-0.39, 0.29) is 36.7 Å². The molecule has 4 amide bonds. The molecule has 2 heterocycles. The molecule has 2 saturated heterocycles. The van der Waals surface area contributed by atoms with Crippen molar-refractivity contribution in [2.24, 2.45) is 35.0 Å². The van der Waals surface area contributed by atoms with Crippen LogP contribution in [0.1, 0.15) is 35.6 Å². The first kappa shape index (κ1) is 37.0. The topological polar surface area (TPSA) is 112 Å². The fourth-order valence-electron chi connectivity index (χ4n) is 10.4. The molecule has 10 nitrogen and oxygen atoms in total. The number of carbonyl (C=O) groups excluding carboxylic acids is 4. The molecule has 56 heavy (non-hydrogen) atoms. The molecule has 0 spiro atoms. The predicted molar refractivity (Wildman–Crippen MR) is 210 cm³/mol. The van der Waals surface area contributed by atoms with E-state index in [9.17, 15) is 9.59 Å². The molecule has 3 fully saturated rings. The van der Waals surface area contributed by atoms with Gasteiger partial charge in [0, 0.05) is 24.4 Å². The summed E-state index contributed by atoms with van der Waals surface area (Å²) in [6.45, 7) is 2.31. The van der Waals surface area contributed by atoms with Gasteiger partial charge in [0.25, 0.3) is 0 Å². The highest BCUT2D eigenvalue weighted by Gasteiger charge is 2.77. The number of allylic oxidation sites excluding steroid dienone is 2. The van der Waals surface area contributed by atoms with Gasteiger partial charge in [0.05, 0.1) is 52.1 Å². The zero-order valence-corrected chi connectivity index (χ0v) is 32.3. The quantitative estimate of drug-likeness (QED) is 0.145. The molecule has 0 unspecified atom stereocenters. The molecule has 10 heteroatoms. The summed E-state index contributed by atoms with van der Waals surface area (Å²) < 4.78 is 21.9. The molecule has 9 rings (SSSR count). The summed E-state index contributed by atoms with van der Waals surface area (Å²) in [5.74, 6) is -2.78. The number of hydrogen-bond acceptors (Lipinski definition) is 8. The van der Waals surface area contributed by atoms with E-state index in [0.717, 1.165) is 33.4 Å². The van der Waals surface area contributed by atoms with Crippen molar-refractivity contribution in [3.63, 3.8) is 0 Å². The number of hydrogen-bond donors (Lipinski definition) is 0. The summed E-state index contributed by atoms with van der Waals surface area (Å²) in [5.41, 5.74) is 4.18. The highest BCUT2D eigenvalue weighted by Crippen LogP contribution is 2.73. The average molecular weight is 755 g/mol. The number of rotatable bonds is 13. The Bertz CT molecular complexity index is 2130. The number of benzene rings is 4. The van der Waals surface area contributed by atoms with Crippen molar-refractivity contribution in [3.05, 3.63) is 119 Å². The number of amides is 4. The Labute approximate surface area is 327 Å². The summed E-state index contributed by atoms with van der Waals surface area (Å²) in [6.07, 6.45) is 1.19. The van der Waals surface area contributed by atoms with Crippen LogP contribution in [-0.4, -0.2) is 75.0 Å². The molecule has 2 aliphatic heterocycles. The second kappa shape index (κ2) is 14.6. The third-order valence-electron chi connectivity index (χ3n) is 12.7. The number of likely N-dealkylation sites (tertiary alicyclic amines) is 2. The van der Waals surface area contributed by atoms with Crippen LogP contribution < -0.4 is 18.9 Å². The zero-order chi connectivity index (χ0) is 39.3. The lowest BCUT2D eigenvalue weighted by Gasteiger charge is -2.59. The van der Waals surface area contributed by atoms with Crippen molar-refractivity contribution >= 4 is 34.8 Å². The van der Waals surface area contributed by atoms with E-state index >= 15 is 9.59 Å². The standard InChI is InChI=1S/C46H46N2O8/c1-6-46-39(30-15-11-8-12-16-30)35(29-13-9-7-10-14-29)36(37-40(46)44(51)47(42(37)49)23-21-27-17-19-31(53-2)33(25-27)55-4)38-41(46)45(52)48(43(38)50)24-22-28-18-20-32(54-3)34(26-28)56-5/h7-20,25-26,36-38,40-41H,6,21-24H2,1-5H3/t36?,37-,38-,40-,41-,46?/m1/s1. The van der Waals surface area contributed by atoms with Gasteiger partial charge in [-0.2, -0.15) is 0 Å². The predicted octanol–water partition coefficient (Wildman–Crippen LogP) is 6.36. The highest BCUT2D eigenvalue weighted by atomic mass is 16.5. The summed E-state index contributed by atoms with van der Waals surface area (Å²) in [5, 5.41) is 0. The Morgan fingerprint density at radius 3 is 1.36 bits per heavy atom. The van der Waals surface area contributed by atoms with E-state index in [2.05, 4.69) is 0 Å². The minimum absolute atomic E-state index is 0.155. The van der Waals surface area contributed by atoms with Gasteiger partial charge >= 0.3 is 0 Å². The van der Waals surface area contributed by atoms with Crippen molar-refractivity contribution in [2.45, 2.75) is 26.2 Å². The van der Waals surface area contributed by atoms with Crippen molar-refractivity contribution in [3.8, 4) is 23.0 Å². The van der Waals surface area contributed by atoms with Crippen LogP contribution in [0.5, 0.6) is 23.0 Å². The van der Waals surface area contributed by atoms with E-state index < -0.39 is 35.0 Å². The van der Waals surface area contributed by atoms with Crippen LogP contribution in [0.4, 0.5) is 0 Å². The maximum absolute atomic E-state index is 15.1. The largest absolute Gasteiger partial charge is 0.493 e. The Balaban J connectivity index is 1.24. The van der Waals surface area contributed by atoms with E-state index in [1.807, 2.05) is 104 Å². The molecule has 4 aromatic carbocycles. The molecule has 288 valence electrons. The third kappa shape index (κ3) is 5.51. The minimum atomic E-state index is -1.13.